The van der Waals surface area contributed by atoms with E-state index < -0.39 is 0 Å². The smallest absolute Gasteiger partial charge is 0.0994 e. The zero-order valence-electron chi connectivity index (χ0n) is 8.83. The molecule has 1 aromatic rings. The van der Waals surface area contributed by atoms with Crippen molar-refractivity contribution >= 4 is 0 Å². The lowest BCUT2D eigenvalue weighted by molar-refractivity contribution is 0.280. The molecule has 0 radical (unpaired) electrons. The van der Waals surface area contributed by atoms with Gasteiger partial charge in [-0.2, -0.15) is 5.26 Å². The van der Waals surface area contributed by atoms with Crippen molar-refractivity contribution in [1.29, 1.82) is 5.26 Å². The summed E-state index contributed by atoms with van der Waals surface area (Å²) >= 11 is 0. The van der Waals surface area contributed by atoms with Crippen molar-refractivity contribution in [3.8, 4) is 6.07 Å². The highest BCUT2D eigenvalue weighted by Gasteiger charge is 2.09. The predicted octanol–water partition coefficient (Wildman–Crippen LogP) is 2.48. The van der Waals surface area contributed by atoms with Crippen LogP contribution in [-0.2, 0) is 6.61 Å². The molecule has 14 heavy (non-hydrogen) atoms. The number of nitrogens with zero attached hydrogens (tertiary/aromatic N) is 1. The molecule has 1 rings (SSSR count). The standard InChI is InChI=1S/C12H15NO/c1-8(2)12-5-10(6-13)9(3)4-11(12)7-14/h4-5,8,14H,7H2,1-3H3. The number of nitriles is 1. The van der Waals surface area contributed by atoms with Crippen molar-refractivity contribution in [1.82, 2.24) is 0 Å². The molecule has 0 atom stereocenters. The van der Waals surface area contributed by atoms with E-state index in [0.717, 1.165) is 16.7 Å². The number of aliphatic hydroxyl groups excluding tert-OH is 1. The van der Waals surface area contributed by atoms with Gasteiger partial charge in [0.25, 0.3) is 0 Å². The lowest BCUT2D eigenvalue weighted by atomic mass is 9.93. The fourth-order valence-electron chi connectivity index (χ4n) is 1.58. The van der Waals surface area contributed by atoms with Gasteiger partial charge >= 0.3 is 0 Å². The van der Waals surface area contributed by atoms with Gasteiger partial charge in [0.15, 0.2) is 0 Å². The lowest BCUT2D eigenvalue weighted by Gasteiger charge is -2.12. The second-order valence-electron chi connectivity index (χ2n) is 3.79. The molecule has 0 unspecified atom stereocenters. The van der Waals surface area contributed by atoms with Crippen molar-refractivity contribution in [3.63, 3.8) is 0 Å². The van der Waals surface area contributed by atoms with Gasteiger partial charge in [0, 0.05) is 0 Å². The maximum Gasteiger partial charge on any atom is 0.0994 e. The summed E-state index contributed by atoms with van der Waals surface area (Å²) in [6.45, 7) is 6.05. The summed E-state index contributed by atoms with van der Waals surface area (Å²) in [5, 5.41) is 18.0. The number of rotatable bonds is 2. The van der Waals surface area contributed by atoms with E-state index in [0.29, 0.717) is 11.5 Å². The van der Waals surface area contributed by atoms with Crippen LogP contribution >= 0.6 is 0 Å². The van der Waals surface area contributed by atoms with Crippen molar-refractivity contribution < 1.29 is 5.11 Å². The van der Waals surface area contributed by atoms with Crippen LogP contribution in [0.3, 0.4) is 0 Å². The van der Waals surface area contributed by atoms with Gasteiger partial charge in [0.2, 0.25) is 0 Å². The number of hydrogen-bond acceptors (Lipinski definition) is 2. The quantitative estimate of drug-likeness (QED) is 0.776. The van der Waals surface area contributed by atoms with E-state index in [1.54, 1.807) is 0 Å². The highest BCUT2D eigenvalue weighted by Crippen LogP contribution is 2.23. The van der Waals surface area contributed by atoms with Gasteiger partial charge in [-0.15, -0.1) is 0 Å². The molecule has 0 aliphatic rings. The molecule has 0 fully saturated rings. The van der Waals surface area contributed by atoms with Gasteiger partial charge in [-0.3, -0.25) is 0 Å². The molecule has 0 spiro atoms. The fourth-order valence-corrected chi connectivity index (χ4v) is 1.58. The van der Waals surface area contributed by atoms with Gasteiger partial charge in [0.05, 0.1) is 18.2 Å². The monoisotopic (exact) mass is 189 g/mol. The zero-order valence-corrected chi connectivity index (χ0v) is 8.83. The van der Waals surface area contributed by atoms with Crippen molar-refractivity contribution in [2.75, 3.05) is 0 Å². The predicted molar refractivity (Wildman–Crippen MR) is 55.9 cm³/mol. The minimum Gasteiger partial charge on any atom is -0.392 e. The first-order chi connectivity index (χ1) is 6.60. The highest BCUT2D eigenvalue weighted by molar-refractivity contribution is 5.45. The van der Waals surface area contributed by atoms with E-state index in [4.69, 9.17) is 5.26 Å². The van der Waals surface area contributed by atoms with Crippen LogP contribution in [0.4, 0.5) is 0 Å². The SMILES string of the molecule is Cc1cc(CO)c(C(C)C)cc1C#N. The normalized spacial score (nSPS) is 10.3. The summed E-state index contributed by atoms with van der Waals surface area (Å²) < 4.78 is 0. The van der Waals surface area contributed by atoms with Crippen molar-refractivity contribution in [3.05, 3.63) is 34.4 Å². The van der Waals surface area contributed by atoms with E-state index in [1.165, 1.54) is 0 Å². The molecule has 0 aliphatic carbocycles. The Morgan fingerprint density at radius 1 is 1.43 bits per heavy atom. The topological polar surface area (TPSA) is 44.0 Å². The van der Waals surface area contributed by atoms with E-state index in [9.17, 15) is 5.11 Å². The van der Waals surface area contributed by atoms with Crippen LogP contribution in [0.2, 0.25) is 0 Å². The Kier molecular flexibility index (Phi) is 3.27. The van der Waals surface area contributed by atoms with E-state index in [1.807, 2.05) is 19.1 Å². The van der Waals surface area contributed by atoms with Crippen LogP contribution in [0.25, 0.3) is 0 Å². The Balaban J connectivity index is 3.34. The first-order valence-electron chi connectivity index (χ1n) is 4.74. The number of benzene rings is 1. The van der Waals surface area contributed by atoms with Gasteiger partial charge in [-0.05, 0) is 35.6 Å². The number of aryl methyl sites for hydroxylation is 1. The van der Waals surface area contributed by atoms with Crippen LogP contribution in [0.1, 0.15) is 42.0 Å². The van der Waals surface area contributed by atoms with Crippen molar-refractivity contribution in [2.24, 2.45) is 0 Å². The molecule has 2 nitrogen and oxygen atoms in total. The molecular formula is C12H15NO. The third-order valence-corrected chi connectivity index (χ3v) is 2.40. The Bertz CT molecular complexity index is 375. The van der Waals surface area contributed by atoms with E-state index in [-0.39, 0.29) is 6.61 Å². The van der Waals surface area contributed by atoms with Gasteiger partial charge in [0.1, 0.15) is 0 Å². The van der Waals surface area contributed by atoms with Crippen LogP contribution in [0.15, 0.2) is 12.1 Å². The Morgan fingerprint density at radius 2 is 2.07 bits per heavy atom. The van der Waals surface area contributed by atoms with E-state index >= 15 is 0 Å². The van der Waals surface area contributed by atoms with Crippen LogP contribution in [0.5, 0.6) is 0 Å². The van der Waals surface area contributed by atoms with Crippen LogP contribution in [0, 0.1) is 18.3 Å². The summed E-state index contributed by atoms with van der Waals surface area (Å²) in [4.78, 5) is 0. The minimum absolute atomic E-state index is 0.0417. The summed E-state index contributed by atoms with van der Waals surface area (Å²) in [7, 11) is 0. The molecule has 0 bridgehead atoms. The highest BCUT2D eigenvalue weighted by atomic mass is 16.3. The van der Waals surface area contributed by atoms with E-state index in [2.05, 4.69) is 19.9 Å². The summed E-state index contributed by atoms with van der Waals surface area (Å²) in [6, 6.07) is 5.94. The molecule has 1 N–H and O–H groups in total. The van der Waals surface area contributed by atoms with Gasteiger partial charge < -0.3 is 5.11 Å². The average molecular weight is 189 g/mol. The fraction of sp³-hybridized carbons (Fsp3) is 0.417. The second-order valence-corrected chi connectivity index (χ2v) is 3.79. The first kappa shape index (κ1) is 10.7. The van der Waals surface area contributed by atoms with Crippen molar-refractivity contribution in [2.45, 2.75) is 33.3 Å². The van der Waals surface area contributed by atoms with Crippen LogP contribution in [-0.4, -0.2) is 5.11 Å². The third-order valence-electron chi connectivity index (χ3n) is 2.40. The first-order valence-corrected chi connectivity index (χ1v) is 4.74. The molecule has 2 heteroatoms. The second kappa shape index (κ2) is 4.26. The maximum atomic E-state index is 9.17. The van der Waals surface area contributed by atoms with Crippen LogP contribution < -0.4 is 0 Å². The molecule has 0 saturated carbocycles. The molecule has 1 aromatic carbocycles. The molecule has 0 aromatic heterocycles. The average Bonchev–Trinajstić information content (AvgIpc) is 2.16. The van der Waals surface area contributed by atoms with Gasteiger partial charge in [-0.1, -0.05) is 19.9 Å². The molecule has 0 aliphatic heterocycles. The summed E-state index contributed by atoms with van der Waals surface area (Å²) in [6.07, 6.45) is 0. The number of aliphatic hydroxyl groups is 1. The summed E-state index contributed by atoms with van der Waals surface area (Å²) in [5.74, 6) is 0.338. The molecule has 74 valence electrons. The third kappa shape index (κ3) is 1.94. The molecule has 0 saturated heterocycles. The molecule has 0 heterocycles. The minimum atomic E-state index is 0.0417. The zero-order chi connectivity index (χ0) is 10.7. The Morgan fingerprint density at radius 3 is 2.50 bits per heavy atom. The summed E-state index contributed by atoms with van der Waals surface area (Å²) in [5.41, 5.74) is 3.62. The Hall–Kier alpha value is -1.33. The van der Waals surface area contributed by atoms with Gasteiger partial charge in [-0.25, -0.2) is 0 Å². The largest absolute Gasteiger partial charge is 0.392 e. The maximum absolute atomic E-state index is 9.17. The number of hydrogen-bond donors (Lipinski definition) is 1. The molecular weight excluding hydrogens is 174 g/mol. The molecule has 0 amide bonds. The Labute approximate surface area is 84.8 Å². The lowest BCUT2D eigenvalue weighted by Crippen LogP contribution is -1.99.